The lowest BCUT2D eigenvalue weighted by molar-refractivity contribution is -0.367. The Morgan fingerprint density at radius 3 is 2.78 bits per heavy atom. The molecule has 1 atom stereocenters. The van der Waals surface area contributed by atoms with Crippen LogP contribution >= 0.6 is 11.8 Å². The number of nitrogens with zero attached hydrogens (tertiary/aromatic N) is 4. The molecule has 0 saturated carbocycles. The zero-order chi connectivity index (χ0) is 19.7. The van der Waals surface area contributed by atoms with E-state index in [0.717, 1.165) is 4.90 Å². The lowest BCUT2D eigenvalue weighted by Crippen LogP contribution is -2.59. The largest absolute Gasteiger partial charge is 0.497 e. The van der Waals surface area contributed by atoms with Crippen molar-refractivity contribution in [2.45, 2.75) is 6.04 Å². The van der Waals surface area contributed by atoms with E-state index in [9.17, 15) is 14.4 Å². The lowest BCUT2D eigenvalue weighted by atomic mass is 10.2. The van der Waals surface area contributed by atoms with Crippen molar-refractivity contribution in [3.63, 3.8) is 0 Å². The van der Waals surface area contributed by atoms with Crippen LogP contribution in [0.4, 0.5) is 10.5 Å². The highest BCUT2D eigenvalue weighted by Gasteiger charge is 2.51. The number of hydrogen-bond acceptors (Lipinski definition) is 6. The summed E-state index contributed by atoms with van der Waals surface area (Å²) >= 11 is 1.21. The lowest BCUT2D eigenvalue weighted by Gasteiger charge is -2.27. The zero-order valence-corrected chi connectivity index (χ0v) is 16.2. The molecule has 1 aromatic rings. The quantitative estimate of drug-likeness (QED) is 0.763. The minimum absolute atomic E-state index is 0.113. The molecule has 0 aliphatic carbocycles. The molecule has 2 aliphatic heterocycles. The minimum Gasteiger partial charge on any atom is -0.497 e. The zero-order valence-electron chi connectivity index (χ0n) is 15.4. The van der Waals surface area contributed by atoms with Crippen molar-refractivity contribution in [2.24, 2.45) is 4.99 Å². The van der Waals surface area contributed by atoms with E-state index in [0.29, 0.717) is 22.4 Å². The fourth-order valence-electron chi connectivity index (χ4n) is 2.87. The van der Waals surface area contributed by atoms with Crippen molar-refractivity contribution in [3.05, 3.63) is 24.3 Å². The molecule has 1 aromatic carbocycles. The summed E-state index contributed by atoms with van der Waals surface area (Å²) in [5.41, 5.74) is 0.631. The fourth-order valence-corrected chi connectivity index (χ4v) is 3.67. The first-order valence-electron chi connectivity index (χ1n) is 8.13. The number of carbonyl (C=O) groups is 3. The Hall–Kier alpha value is -2.88. The number of amides is 4. The molecule has 10 heteroatoms. The molecule has 0 radical (unpaired) electrons. The van der Waals surface area contributed by atoms with E-state index in [2.05, 4.69) is 10.3 Å². The van der Waals surface area contributed by atoms with E-state index in [1.165, 1.54) is 23.7 Å². The second kappa shape index (κ2) is 7.39. The predicted octanol–water partition coefficient (Wildman–Crippen LogP) is 0.670. The van der Waals surface area contributed by atoms with Crippen molar-refractivity contribution < 1.29 is 23.7 Å². The van der Waals surface area contributed by atoms with Crippen LogP contribution in [0.1, 0.15) is 0 Å². The first-order chi connectivity index (χ1) is 12.8. The number of hydrogen-bond donors (Lipinski definition) is 1. The van der Waals surface area contributed by atoms with Crippen LogP contribution in [0.2, 0.25) is 0 Å². The van der Waals surface area contributed by atoms with Gasteiger partial charge in [-0.25, -0.2) is 14.3 Å². The maximum Gasteiger partial charge on any atom is 0.388 e. The molecule has 0 bridgehead atoms. The van der Waals surface area contributed by atoms with Crippen LogP contribution in [0.15, 0.2) is 29.3 Å². The summed E-state index contributed by atoms with van der Waals surface area (Å²) in [7, 11) is 6.31. The van der Waals surface area contributed by atoms with Crippen molar-refractivity contribution in [1.82, 2.24) is 9.80 Å². The van der Waals surface area contributed by atoms with E-state index in [-0.39, 0.29) is 17.6 Å². The van der Waals surface area contributed by atoms with E-state index in [1.807, 2.05) is 0 Å². The number of fused-ring (bicyclic) bond motifs is 1. The SMILES string of the molecule is COc1cccc(NC(=O)CSC2=NC3C(=O)N(C)C(=O)N(C)C3=[N+]2C)c1. The summed E-state index contributed by atoms with van der Waals surface area (Å²) in [5, 5.41) is 3.30. The van der Waals surface area contributed by atoms with Crippen molar-refractivity contribution in [2.75, 3.05) is 39.3 Å². The normalized spacial score (nSPS) is 19.3. The van der Waals surface area contributed by atoms with Crippen LogP contribution in [0.3, 0.4) is 0 Å². The number of likely N-dealkylation sites (N-methyl/N-ethyl adjacent to an activating group) is 2. The smallest absolute Gasteiger partial charge is 0.388 e. The molecule has 27 heavy (non-hydrogen) atoms. The van der Waals surface area contributed by atoms with Crippen molar-refractivity contribution in [1.29, 1.82) is 0 Å². The molecule has 2 aliphatic rings. The van der Waals surface area contributed by atoms with Gasteiger partial charge in [-0.05, 0) is 23.9 Å². The molecule has 9 nitrogen and oxygen atoms in total. The maximum atomic E-state index is 12.3. The number of carbonyl (C=O) groups excluding carboxylic acids is 3. The summed E-state index contributed by atoms with van der Waals surface area (Å²) in [6, 6.07) is 5.90. The number of urea groups is 1. The highest BCUT2D eigenvalue weighted by atomic mass is 32.2. The maximum absolute atomic E-state index is 12.3. The molecule has 1 saturated heterocycles. The van der Waals surface area contributed by atoms with Crippen molar-refractivity contribution >= 4 is 46.3 Å². The van der Waals surface area contributed by atoms with Crippen LogP contribution in [0.25, 0.3) is 0 Å². The van der Waals surface area contributed by atoms with E-state index in [1.54, 1.807) is 50.0 Å². The molecule has 1 unspecified atom stereocenters. The van der Waals surface area contributed by atoms with Gasteiger partial charge in [-0.15, -0.1) is 4.99 Å². The molecule has 4 amide bonds. The number of benzene rings is 1. The highest BCUT2D eigenvalue weighted by Crippen LogP contribution is 2.22. The number of nitrogens with one attached hydrogen (secondary N) is 1. The topological polar surface area (TPSA) is 94.3 Å². The van der Waals surface area contributed by atoms with Crippen LogP contribution in [-0.4, -0.2) is 83.3 Å². The van der Waals surface area contributed by atoms with Gasteiger partial charge < -0.3 is 10.1 Å². The molecule has 142 valence electrons. The fraction of sp³-hybridized carbons (Fsp3) is 0.353. The Morgan fingerprint density at radius 1 is 1.33 bits per heavy atom. The monoisotopic (exact) mass is 390 g/mol. The van der Waals surface area contributed by atoms with Gasteiger partial charge in [0.1, 0.15) is 5.75 Å². The summed E-state index contributed by atoms with van der Waals surface area (Å²) in [5.74, 6) is 0.672. The van der Waals surface area contributed by atoms with Crippen LogP contribution < -0.4 is 10.1 Å². The first-order valence-corrected chi connectivity index (χ1v) is 9.12. The van der Waals surface area contributed by atoms with Gasteiger partial charge in [-0.1, -0.05) is 6.07 Å². The van der Waals surface area contributed by atoms with Crippen LogP contribution in [0.5, 0.6) is 5.75 Å². The number of thioether (sulfide) groups is 1. The minimum atomic E-state index is -0.758. The number of aliphatic imine (C=N–C) groups is 1. The third-order valence-electron chi connectivity index (χ3n) is 4.28. The molecular formula is C17H20N5O4S+. The average Bonchev–Trinajstić information content (AvgIpc) is 2.99. The second-order valence-corrected chi connectivity index (χ2v) is 6.98. The molecule has 2 heterocycles. The number of anilines is 1. The van der Waals surface area contributed by atoms with Gasteiger partial charge in [0.25, 0.3) is 23.0 Å². The molecule has 0 spiro atoms. The number of ether oxygens (including phenoxy) is 1. The highest BCUT2D eigenvalue weighted by molar-refractivity contribution is 8.14. The van der Waals surface area contributed by atoms with Crippen molar-refractivity contribution in [3.8, 4) is 5.75 Å². The van der Waals surface area contributed by atoms with Gasteiger partial charge >= 0.3 is 6.03 Å². The van der Waals surface area contributed by atoms with Crippen LogP contribution in [-0.2, 0) is 9.59 Å². The molecule has 3 rings (SSSR count). The van der Waals surface area contributed by atoms with Gasteiger partial charge in [0, 0.05) is 18.8 Å². The van der Waals surface area contributed by atoms with Gasteiger partial charge in [-0.2, -0.15) is 0 Å². The Balaban J connectivity index is 1.68. The summed E-state index contributed by atoms with van der Waals surface area (Å²) in [6.07, 6.45) is 0. The molecule has 0 aromatic heterocycles. The van der Waals surface area contributed by atoms with Crippen LogP contribution in [0, 0.1) is 0 Å². The number of imide groups is 1. The molecule has 1 fully saturated rings. The third kappa shape index (κ3) is 3.52. The number of amidine groups is 2. The number of methoxy groups -OCH3 is 1. The Morgan fingerprint density at radius 2 is 2.07 bits per heavy atom. The predicted molar refractivity (Wildman–Crippen MR) is 102 cm³/mol. The second-order valence-electron chi connectivity index (χ2n) is 6.04. The molecule has 1 N–H and O–H groups in total. The van der Waals surface area contributed by atoms with E-state index >= 15 is 0 Å². The van der Waals surface area contributed by atoms with Gasteiger partial charge in [0.15, 0.2) is 0 Å². The Labute approximate surface area is 160 Å². The first kappa shape index (κ1) is 18.9. The third-order valence-corrected chi connectivity index (χ3v) is 5.33. The van der Waals surface area contributed by atoms with Gasteiger partial charge in [-0.3, -0.25) is 14.5 Å². The average molecular weight is 390 g/mol. The standard InChI is InChI=1S/C17H19N5O4S/c1-20-14-13(15(24)22(3)17(25)21(14)2)19-16(20)27-9-12(23)18-10-6-5-7-11(8-10)26-4/h5-8,13H,9H2,1-4H3/p+1. The van der Waals surface area contributed by atoms with Gasteiger partial charge in [0.05, 0.1) is 27.0 Å². The number of rotatable bonds is 4. The summed E-state index contributed by atoms with van der Waals surface area (Å²) in [6.45, 7) is 0. The summed E-state index contributed by atoms with van der Waals surface area (Å²) < 4.78 is 6.81. The summed E-state index contributed by atoms with van der Waals surface area (Å²) in [4.78, 5) is 43.5. The Bertz CT molecular complexity index is 882. The van der Waals surface area contributed by atoms with E-state index < -0.39 is 12.1 Å². The van der Waals surface area contributed by atoms with Gasteiger partial charge in [0.2, 0.25) is 5.91 Å². The van der Waals surface area contributed by atoms with E-state index in [4.69, 9.17) is 4.74 Å². The Kier molecular flexibility index (Phi) is 5.17. The molecular weight excluding hydrogens is 370 g/mol.